The monoisotopic (exact) mass is 591 g/mol. The Morgan fingerprint density at radius 2 is 1.07 bits per heavy atom. The van der Waals surface area contributed by atoms with E-state index in [9.17, 15) is 0 Å². The Labute approximate surface area is 260 Å². The molecule has 8 aromatic carbocycles. The first-order chi connectivity index (χ1) is 22.2. The van der Waals surface area contributed by atoms with Gasteiger partial charge in [-0.3, -0.25) is 0 Å². The molecule has 0 aliphatic carbocycles. The molecular weight excluding hydrogens is 565 g/mol. The molecule has 0 amide bonds. The molecule has 9 aromatic rings. The Hall–Kier alpha value is -5.43. The predicted molar refractivity (Wildman–Crippen MR) is 192 cm³/mol. The summed E-state index contributed by atoms with van der Waals surface area (Å²) < 4.78 is 17.7. The van der Waals surface area contributed by atoms with Gasteiger partial charge in [0.15, 0.2) is 7.14 Å². The van der Waals surface area contributed by atoms with E-state index in [2.05, 4.69) is 126 Å². The lowest BCUT2D eigenvalue weighted by molar-refractivity contribution is 0.593. The summed E-state index contributed by atoms with van der Waals surface area (Å²) in [5.41, 5.74) is 5.51. The maximum atomic E-state index is 15.3. The Morgan fingerprint density at radius 1 is 0.400 bits per heavy atom. The molecule has 0 N–H and O–H groups in total. The van der Waals surface area contributed by atoms with E-state index in [1.165, 1.54) is 32.3 Å². The fraction of sp³-hybridized carbons (Fsp3) is 0. The van der Waals surface area contributed by atoms with Crippen LogP contribution in [0.15, 0.2) is 158 Å². The van der Waals surface area contributed by atoms with Gasteiger partial charge in [0, 0.05) is 32.4 Å². The van der Waals surface area contributed by atoms with Gasteiger partial charge in [0.1, 0.15) is 0 Å². The van der Waals surface area contributed by atoms with E-state index in [4.69, 9.17) is 0 Å². The van der Waals surface area contributed by atoms with Gasteiger partial charge in [0.25, 0.3) is 0 Å². The van der Waals surface area contributed by atoms with Crippen molar-refractivity contribution in [3.63, 3.8) is 0 Å². The fourth-order valence-electron chi connectivity index (χ4n) is 7.73. The van der Waals surface area contributed by atoms with E-state index in [1.807, 2.05) is 36.4 Å². The van der Waals surface area contributed by atoms with Crippen LogP contribution in [0.3, 0.4) is 0 Å². The molecule has 0 saturated heterocycles. The minimum Gasteiger partial charge on any atom is -0.309 e. The van der Waals surface area contributed by atoms with Gasteiger partial charge in [0.2, 0.25) is 0 Å². The zero-order chi connectivity index (χ0) is 29.7. The number of hydrogen-bond donors (Lipinski definition) is 0. The summed E-state index contributed by atoms with van der Waals surface area (Å²) in [5, 5.41) is 12.5. The number of hydrogen-bond acceptors (Lipinski definition) is 1. The smallest absolute Gasteiger partial charge is 0.172 e. The zero-order valence-electron chi connectivity index (χ0n) is 24.3. The molecule has 2 nitrogen and oxygen atoms in total. The molecule has 0 spiro atoms. The number of nitrogens with zero attached hydrogens (tertiary/aromatic N) is 1. The molecule has 3 heteroatoms. The summed E-state index contributed by atoms with van der Waals surface area (Å²) in [5.74, 6) is 0. The molecule has 0 saturated carbocycles. The standard InChI is InChI=1S/C42H26NOP/c44-45(30-11-2-1-3-12-30)41-17-9-7-15-35(41)38-25-40-37(26-42(38)45)34-14-6-8-16-39(34)43(40)29-21-18-28-20-22-32-31-13-5-4-10-27(31)19-23-33(32)36(28)24-29/h1-26H. The van der Waals surface area contributed by atoms with Crippen molar-refractivity contribution < 1.29 is 4.57 Å². The minimum absolute atomic E-state index is 0.883. The number of fused-ring (bicyclic) bond motifs is 11. The molecule has 45 heavy (non-hydrogen) atoms. The van der Waals surface area contributed by atoms with Gasteiger partial charge in [0.05, 0.1) is 11.0 Å². The second-order valence-corrected chi connectivity index (χ2v) is 14.8. The topological polar surface area (TPSA) is 22.0 Å². The van der Waals surface area contributed by atoms with Crippen molar-refractivity contribution in [3.05, 3.63) is 158 Å². The fourth-order valence-corrected chi connectivity index (χ4v) is 10.8. The third kappa shape index (κ3) is 3.32. The first kappa shape index (κ1) is 25.0. The molecule has 1 aromatic heterocycles. The number of benzene rings is 8. The first-order valence-electron chi connectivity index (χ1n) is 15.4. The Bertz CT molecular complexity index is 2740. The van der Waals surface area contributed by atoms with Crippen LogP contribution in [-0.2, 0) is 4.57 Å². The number of aromatic nitrogens is 1. The second kappa shape index (κ2) is 9.05. The van der Waals surface area contributed by atoms with E-state index in [0.717, 1.165) is 54.5 Å². The maximum Gasteiger partial charge on any atom is 0.172 e. The van der Waals surface area contributed by atoms with E-state index < -0.39 is 7.14 Å². The molecule has 0 bridgehead atoms. The number of para-hydroxylation sites is 1. The maximum absolute atomic E-state index is 15.3. The molecule has 1 unspecified atom stereocenters. The summed E-state index contributed by atoms with van der Waals surface area (Å²) in [6, 6.07) is 55.8. The highest BCUT2D eigenvalue weighted by molar-refractivity contribution is 7.86. The molecule has 1 aliphatic rings. The van der Waals surface area contributed by atoms with Gasteiger partial charge in [-0.2, -0.15) is 0 Å². The van der Waals surface area contributed by atoms with Crippen LogP contribution in [0.2, 0.25) is 0 Å². The van der Waals surface area contributed by atoms with Gasteiger partial charge in [-0.1, -0.05) is 127 Å². The van der Waals surface area contributed by atoms with E-state index in [-0.39, 0.29) is 0 Å². The van der Waals surface area contributed by atoms with Crippen molar-refractivity contribution in [1.29, 1.82) is 0 Å². The first-order valence-corrected chi connectivity index (χ1v) is 17.1. The van der Waals surface area contributed by atoms with Crippen LogP contribution in [0.4, 0.5) is 0 Å². The van der Waals surface area contributed by atoms with Crippen LogP contribution in [0.25, 0.3) is 70.9 Å². The average Bonchev–Trinajstić information content (AvgIpc) is 3.56. The lowest BCUT2D eigenvalue weighted by Crippen LogP contribution is -2.20. The zero-order valence-corrected chi connectivity index (χ0v) is 25.2. The largest absolute Gasteiger partial charge is 0.309 e. The van der Waals surface area contributed by atoms with Gasteiger partial charge in [-0.05, 0) is 73.8 Å². The van der Waals surface area contributed by atoms with E-state index in [0.29, 0.717) is 0 Å². The molecule has 0 fully saturated rings. The van der Waals surface area contributed by atoms with Crippen molar-refractivity contribution in [2.45, 2.75) is 0 Å². The molecule has 210 valence electrons. The molecule has 1 aliphatic heterocycles. The normalized spacial score (nSPS) is 15.7. The molecule has 1 atom stereocenters. The van der Waals surface area contributed by atoms with Gasteiger partial charge in [-0.25, -0.2) is 0 Å². The van der Waals surface area contributed by atoms with Gasteiger partial charge < -0.3 is 9.13 Å². The third-order valence-electron chi connectivity index (χ3n) is 9.77. The van der Waals surface area contributed by atoms with Crippen LogP contribution in [-0.4, -0.2) is 4.57 Å². The lowest BCUT2D eigenvalue weighted by Gasteiger charge is -2.16. The second-order valence-electron chi connectivity index (χ2n) is 12.1. The van der Waals surface area contributed by atoms with Gasteiger partial charge >= 0.3 is 0 Å². The van der Waals surface area contributed by atoms with Crippen molar-refractivity contribution in [3.8, 4) is 16.8 Å². The SMILES string of the molecule is O=P1(c2ccccc2)c2ccccc2-c2cc3c(cc21)c1ccccc1n3-c1ccc2ccc3c4ccccc4ccc3c2c1. The molecule has 0 radical (unpaired) electrons. The Kier molecular flexibility index (Phi) is 5.02. The predicted octanol–water partition coefficient (Wildman–Crippen LogP) is 9.86. The summed E-state index contributed by atoms with van der Waals surface area (Å²) in [4.78, 5) is 0. The minimum atomic E-state index is -3.04. The van der Waals surface area contributed by atoms with Crippen LogP contribution in [0.5, 0.6) is 0 Å². The molecule has 2 heterocycles. The molecule has 10 rings (SSSR count). The Morgan fingerprint density at radius 3 is 1.93 bits per heavy atom. The van der Waals surface area contributed by atoms with E-state index >= 15 is 4.57 Å². The summed E-state index contributed by atoms with van der Waals surface area (Å²) in [7, 11) is -3.04. The average molecular weight is 592 g/mol. The van der Waals surface area contributed by atoms with Gasteiger partial charge in [-0.15, -0.1) is 0 Å². The summed E-state index contributed by atoms with van der Waals surface area (Å²) in [6.45, 7) is 0. The lowest BCUT2D eigenvalue weighted by atomic mass is 9.97. The summed E-state index contributed by atoms with van der Waals surface area (Å²) >= 11 is 0. The van der Waals surface area contributed by atoms with Crippen LogP contribution in [0, 0.1) is 0 Å². The van der Waals surface area contributed by atoms with Crippen molar-refractivity contribution in [2.24, 2.45) is 0 Å². The quantitative estimate of drug-likeness (QED) is 0.145. The highest BCUT2D eigenvalue weighted by atomic mass is 31.2. The number of rotatable bonds is 2. The van der Waals surface area contributed by atoms with Crippen molar-refractivity contribution in [1.82, 2.24) is 4.57 Å². The van der Waals surface area contributed by atoms with E-state index in [1.54, 1.807) is 0 Å². The van der Waals surface area contributed by atoms with Crippen molar-refractivity contribution in [2.75, 3.05) is 0 Å². The van der Waals surface area contributed by atoms with Crippen LogP contribution in [0.1, 0.15) is 0 Å². The summed E-state index contributed by atoms with van der Waals surface area (Å²) in [6.07, 6.45) is 0. The van der Waals surface area contributed by atoms with Crippen LogP contribution < -0.4 is 15.9 Å². The molecular formula is C42H26NOP. The Balaban J connectivity index is 1.29. The third-order valence-corrected chi connectivity index (χ3v) is 12.9. The van der Waals surface area contributed by atoms with Crippen LogP contribution >= 0.6 is 7.14 Å². The highest BCUT2D eigenvalue weighted by Crippen LogP contribution is 2.53. The highest BCUT2D eigenvalue weighted by Gasteiger charge is 2.40. The van der Waals surface area contributed by atoms with Crippen molar-refractivity contribution >= 4 is 77.2 Å².